The Morgan fingerprint density at radius 1 is 1.21 bits per heavy atom. The maximum absolute atomic E-state index is 12.5. The zero-order valence-corrected chi connectivity index (χ0v) is 19.0. The number of anilines is 1. The number of rotatable bonds is 6. The van der Waals surface area contributed by atoms with Gasteiger partial charge in [0.1, 0.15) is 5.82 Å². The molecule has 1 unspecified atom stereocenters. The van der Waals surface area contributed by atoms with Crippen molar-refractivity contribution in [3.8, 4) is 5.69 Å². The monoisotopic (exact) mass is 455 g/mol. The summed E-state index contributed by atoms with van der Waals surface area (Å²) in [7, 11) is 1.72. The van der Waals surface area contributed by atoms with Crippen molar-refractivity contribution in [2.45, 2.75) is 44.0 Å². The number of piperazine rings is 1. The summed E-state index contributed by atoms with van der Waals surface area (Å²) in [5, 5.41) is 9.49. The lowest BCUT2D eigenvalue weighted by molar-refractivity contribution is 0.0426. The molecule has 0 radical (unpaired) electrons. The second-order valence-electron chi connectivity index (χ2n) is 8.63. The Bertz CT molecular complexity index is 988. The van der Waals surface area contributed by atoms with Crippen molar-refractivity contribution in [1.29, 1.82) is 0 Å². The molecule has 178 valence electrons. The SMILES string of the molecule is CO[C@H]1CC(NCc2ccc(-n3ccc(NC(=O)N4CCNCC4)nc3=O)cc2)CC[C@@H]1N. The van der Waals surface area contributed by atoms with Crippen molar-refractivity contribution in [2.75, 3.05) is 38.6 Å². The number of nitrogens with one attached hydrogen (secondary N) is 3. The number of hydrogen-bond acceptors (Lipinski definition) is 7. The minimum absolute atomic E-state index is 0.0996. The van der Waals surface area contributed by atoms with Gasteiger partial charge in [0.25, 0.3) is 0 Å². The summed E-state index contributed by atoms with van der Waals surface area (Å²) in [6, 6.07) is 9.67. The fraction of sp³-hybridized carbons (Fsp3) is 0.522. The van der Waals surface area contributed by atoms with Crippen LogP contribution in [-0.4, -0.2) is 72.0 Å². The van der Waals surface area contributed by atoms with Crippen LogP contribution in [0.1, 0.15) is 24.8 Å². The summed E-state index contributed by atoms with van der Waals surface area (Å²) in [6.45, 7) is 3.52. The Balaban J connectivity index is 1.33. The van der Waals surface area contributed by atoms with E-state index >= 15 is 0 Å². The van der Waals surface area contributed by atoms with E-state index < -0.39 is 5.69 Å². The molecule has 2 aromatic rings. The van der Waals surface area contributed by atoms with Crippen LogP contribution in [0.2, 0.25) is 0 Å². The quantitative estimate of drug-likeness (QED) is 0.504. The Labute approximate surface area is 193 Å². The van der Waals surface area contributed by atoms with Crippen LogP contribution in [-0.2, 0) is 11.3 Å². The molecule has 5 N–H and O–H groups in total. The van der Waals surface area contributed by atoms with E-state index in [0.29, 0.717) is 19.1 Å². The van der Waals surface area contributed by atoms with Crippen LogP contribution in [0.4, 0.5) is 10.6 Å². The van der Waals surface area contributed by atoms with E-state index in [4.69, 9.17) is 10.5 Å². The second kappa shape index (κ2) is 10.9. The third-order valence-electron chi connectivity index (χ3n) is 6.40. The van der Waals surface area contributed by atoms with Crippen LogP contribution < -0.4 is 27.4 Å². The van der Waals surface area contributed by atoms with Gasteiger partial charge in [-0.25, -0.2) is 9.59 Å². The molecule has 1 aliphatic heterocycles. The summed E-state index contributed by atoms with van der Waals surface area (Å²) in [5.74, 6) is 0.252. The zero-order valence-electron chi connectivity index (χ0n) is 19.0. The summed E-state index contributed by atoms with van der Waals surface area (Å²) >= 11 is 0. The number of aromatic nitrogens is 2. The molecule has 1 aromatic heterocycles. The third-order valence-corrected chi connectivity index (χ3v) is 6.40. The van der Waals surface area contributed by atoms with Crippen LogP contribution in [0.5, 0.6) is 0 Å². The molecule has 2 aliphatic rings. The van der Waals surface area contributed by atoms with Gasteiger partial charge in [-0.2, -0.15) is 4.98 Å². The Morgan fingerprint density at radius 2 is 1.97 bits per heavy atom. The third kappa shape index (κ3) is 5.97. The molecule has 2 amide bonds. The summed E-state index contributed by atoms with van der Waals surface area (Å²) in [4.78, 5) is 30.6. The fourth-order valence-corrected chi connectivity index (χ4v) is 4.37. The standard InChI is InChI=1S/C23H33N7O3/c1-33-20-14-17(4-7-19(20)24)26-15-16-2-5-18(6-3-16)30-11-8-21(28-23(30)32)27-22(31)29-12-9-25-10-13-29/h2-3,5-6,8,11,17,19-20,25-26H,4,7,9-10,12-15,24H2,1H3,(H,27,28,31,32)/t17?,19-,20-/m0/s1. The number of carbonyl (C=O) groups is 1. The van der Waals surface area contributed by atoms with E-state index in [-0.39, 0.29) is 24.0 Å². The van der Waals surface area contributed by atoms with Crippen LogP contribution in [0.3, 0.4) is 0 Å². The Kier molecular flexibility index (Phi) is 7.71. The number of nitrogens with zero attached hydrogens (tertiary/aromatic N) is 3. The van der Waals surface area contributed by atoms with Crippen molar-refractivity contribution in [1.82, 2.24) is 25.1 Å². The van der Waals surface area contributed by atoms with E-state index in [9.17, 15) is 9.59 Å². The van der Waals surface area contributed by atoms with E-state index in [1.807, 2.05) is 24.3 Å². The predicted octanol–water partition coefficient (Wildman–Crippen LogP) is 0.654. The molecule has 1 saturated heterocycles. The fourth-order valence-electron chi connectivity index (χ4n) is 4.37. The molecular formula is C23H33N7O3. The summed E-state index contributed by atoms with van der Waals surface area (Å²) < 4.78 is 6.95. The molecule has 0 bridgehead atoms. The number of nitrogens with two attached hydrogens (primary N) is 1. The lowest BCUT2D eigenvalue weighted by Gasteiger charge is -2.33. The Hall–Kier alpha value is -2.79. The number of carbonyl (C=O) groups excluding carboxylic acids is 1. The average Bonchev–Trinajstić information content (AvgIpc) is 2.84. The van der Waals surface area contributed by atoms with Gasteiger partial charge < -0.3 is 26.0 Å². The van der Waals surface area contributed by atoms with Gasteiger partial charge in [-0.1, -0.05) is 12.1 Å². The smallest absolute Gasteiger partial charge is 0.354 e. The van der Waals surface area contributed by atoms with Gasteiger partial charge in [-0.05, 0) is 43.0 Å². The van der Waals surface area contributed by atoms with Crippen molar-refractivity contribution in [3.63, 3.8) is 0 Å². The van der Waals surface area contributed by atoms with Gasteiger partial charge in [-0.15, -0.1) is 0 Å². The van der Waals surface area contributed by atoms with Crippen molar-refractivity contribution in [3.05, 3.63) is 52.6 Å². The average molecular weight is 456 g/mol. The largest absolute Gasteiger partial charge is 0.380 e. The molecule has 1 aliphatic carbocycles. The topological polar surface area (TPSA) is 127 Å². The highest BCUT2D eigenvalue weighted by Gasteiger charge is 2.27. The van der Waals surface area contributed by atoms with Gasteiger partial charge in [0.05, 0.1) is 11.8 Å². The first kappa shape index (κ1) is 23.4. The number of urea groups is 1. The first-order valence-corrected chi connectivity index (χ1v) is 11.5. The first-order valence-electron chi connectivity index (χ1n) is 11.5. The minimum atomic E-state index is -0.442. The molecule has 10 nitrogen and oxygen atoms in total. The van der Waals surface area contributed by atoms with E-state index in [1.165, 1.54) is 4.57 Å². The molecule has 1 aromatic carbocycles. The van der Waals surface area contributed by atoms with E-state index in [1.54, 1.807) is 24.3 Å². The van der Waals surface area contributed by atoms with Gasteiger partial charge in [0.15, 0.2) is 0 Å². The molecule has 1 saturated carbocycles. The number of methoxy groups -OCH3 is 1. The van der Waals surface area contributed by atoms with Crippen LogP contribution in [0.25, 0.3) is 5.69 Å². The van der Waals surface area contributed by atoms with Gasteiger partial charge in [0, 0.05) is 58.1 Å². The molecular weight excluding hydrogens is 422 g/mol. The van der Waals surface area contributed by atoms with Gasteiger partial charge >= 0.3 is 11.7 Å². The molecule has 2 heterocycles. The maximum Gasteiger partial charge on any atom is 0.354 e. The number of ether oxygens (including phenoxy) is 1. The van der Waals surface area contributed by atoms with Crippen LogP contribution in [0.15, 0.2) is 41.3 Å². The number of amides is 2. The zero-order chi connectivity index (χ0) is 23.2. The predicted molar refractivity (Wildman–Crippen MR) is 127 cm³/mol. The second-order valence-corrected chi connectivity index (χ2v) is 8.63. The number of benzene rings is 1. The molecule has 2 fully saturated rings. The molecule has 10 heteroatoms. The molecule has 33 heavy (non-hydrogen) atoms. The number of hydrogen-bond donors (Lipinski definition) is 4. The molecule has 0 spiro atoms. The normalized spacial score (nSPS) is 23.3. The van der Waals surface area contributed by atoms with E-state index in [2.05, 4.69) is 20.9 Å². The first-order chi connectivity index (χ1) is 16.0. The molecule has 3 atom stereocenters. The molecule has 4 rings (SSSR count). The minimum Gasteiger partial charge on any atom is -0.380 e. The highest BCUT2D eigenvalue weighted by molar-refractivity contribution is 5.88. The van der Waals surface area contributed by atoms with Gasteiger partial charge in [0.2, 0.25) is 0 Å². The summed E-state index contributed by atoms with van der Waals surface area (Å²) in [5.41, 5.74) is 7.51. The lowest BCUT2D eigenvalue weighted by atomic mass is 9.89. The Morgan fingerprint density at radius 3 is 2.67 bits per heavy atom. The van der Waals surface area contributed by atoms with Crippen LogP contribution >= 0.6 is 0 Å². The van der Waals surface area contributed by atoms with Crippen molar-refractivity contribution >= 4 is 11.8 Å². The van der Waals surface area contributed by atoms with E-state index in [0.717, 1.165) is 50.1 Å². The highest BCUT2D eigenvalue weighted by atomic mass is 16.5. The van der Waals surface area contributed by atoms with Gasteiger partial charge in [-0.3, -0.25) is 9.88 Å². The highest BCUT2D eigenvalue weighted by Crippen LogP contribution is 2.20. The van der Waals surface area contributed by atoms with Crippen molar-refractivity contribution in [2.24, 2.45) is 5.73 Å². The summed E-state index contributed by atoms with van der Waals surface area (Å²) in [6.07, 6.45) is 4.64. The maximum atomic E-state index is 12.5. The van der Waals surface area contributed by atoms with Crippen molar-refractivity contribution < 1.29 is 9.53 Å². The van der Waals surface area contributed by atoms with Crippen LogP contribution in [0, 0.1) is 0 Å². The lowest BCUT2D eigenvalue weighted by Crippen LogP contribution is -2.48.